The van der Waals surface area contributed by atoms with Gasteiger partial charge in [0.05, 0.1) is 4.88 Å². The Bertz CT molecular complexity index is 809. The van der Waals surface area contributed by atoms with Crippen LogP contribution in [0.4, 0.5) is 5.69 Å². The molecule has 6 heteroatoms. The zero-order valence-electron chi connectivity index (χ0n) is 10.7. The average Bonchev–Trinajstić information content (AvgIpc) is 2.91. The number of carbonyl (C=O) groups excluding carboxylic acids is 1. The standard InChI is InChI=1S/C15H10N2O3S/c18-14(13-7-9-3-1-2-4-12(9)21-13)17-10-5-6-16-11(8-10)15(19)20/h1-8H,(H,19,20)(H,16,17,18). The fourth-order valence-electron chi connectivity index (χ4n) is 1.91. The number of thiophene rings is 1. The number of rotatable bonds is 3. The third-order valence-electron chi connectivity index (χ3n) is 2.89. The third kappa shape index (κ3) is 2.75. The number of carboxylic acid groups (broad SMARTS) is 1. The number of nitrogens with one attached hydrogen (secondary N) is 1. The summed E-state index contributed by atoms with van der Waals surface area (Å²) in [5.74, 6) is -1.40. The van der Waals surface area contributed by atoms with Crippen molar-refractivity contribution in [3.8, 4) is 0 Å². The van der Waals surface area contributed by atoms with Crippen LogP contribution in [-0.2, 0) is 0 Å². The van der Waals surface area contributed by atoms with Gasteiger partial charge in [0.15, 0.2) is 0 Å². The molecule has 0 radical (unpaired) electrons. The van der Waals surface area contributed by atoms with Gasteiger partial charge in [-0.05, 0) is 29.7 Å². The molecule has 3 aromatic rings. The molecule has 0 bridgehead atoms. The fourth-order valence-corrected chi connectivity index (χ4v) is 2.87. The van der Waals surface area contributed by atoms with Gasteiger partial charge in [0.1, 0.15) is 5.69 Å². The van der Waals surface area contributed by atoms with Crippen LogP contribution < -0.4 is 5.32 Å². The first kappa shape index (κ1) is 13.3. The van der Waals surface area contributed by atoms with E-state index in [-0.39, 0.29) is 11.6 Å². The topological polar surface area (TPSA) is 79.3 Å². The maximum atomic E-state index is 12.2. The number of amides is 1. The monoisotopic (exact) mass is 298 g/mol. The number of carboxylic acids is 1. The first-order valence-electron chi connectivity index (χ1n) is 6.13. The average molecular weight is 298 g/mol. The number of aromatic nitrogens is 1. The molecule has 3 rings (SSSR count). The SMILES string of the molecule is O=C(O)c1cc(NC(=O)c2cc3ccccc3s2)ccn1. The van der Waals surface area contributed by atoms with E-state index < -0.39 is 5.97 Å². The molecule has 2 aromatic heterocycles. The van der Waals surface area contributed by atoms with Crippen molar-refractivity contribution >= 4 is 39.0 Å². The normalized spacial score (nSPS) is 10.5. The van der Waals surface area contributed by atoms with Crippen LogP contribution in [0.2, 0.25) is 0 Å². The summed E-state index contributed by atoms with van der Waals surface area (Å²) in [7, 11) is 0. The van der Waals surface area contributed by atoms with E-state index in [1.54, 1.807) is 6.07 Å². The summed E-state index contributed by atoms with van der Waals surface area (Å²) in [6.07, 6.45) is 1.35. The molecule has 21 heavy (non-hydrogen) atoms. The largest absolute Gasteiger partial charge is 0.477 e. The summed E-state index contributed by atoms with van der Waals surface area (Å²) in [4.78, 5) is 27.3. The van der Waals surface area contributed by atoms with Crippen molar-refractivity contribution in [3.05, 3.63) is 59.2 Å². The fraction of sp³-hybridized carbons (Fsp3) is 0. The van der Waals surface area contributed by atoms with Gasteiger partial charge < -0.3 is 10.4 Å². The number of aromatic carboxylic acids is 1. The van der Waals surface area contributed by atoms with Gasteiger partial charge >= 0.3 is 5.97 Å². The Labute approximate surface area is 123 Å². The summed E-state index contributed by atoms with van der Waals surface area (Å²) in [6.45, 7) is 0. The first-order chi connectivity index (χ1) is 10.1. The Balaban J connectivity index is 1.85. The molecule has 1 amide bonds. The number of pyridine rings is 1. The second-order valence-electron chi connectivity index (χ2n) is 4.34. The highest BCUT2D eigenvalue weighted by Crippen LogP contribution is 2.25. The van der Waals surface area contributed by atoms with E-state index >= 15 is 0 Å². The minimum Gasteiger partial charge on any atom is -0.477 e. The lowest BCUT2D eigenvalue weighted by molar-refractivity contribution is 0.0690. The number of hydrogen-bond donors (Lipinski definition) is 2. The van der Waals surface area contributed by atoms with Gasteiger partial charge in [-0.3, -0.25) is 4.79 Å². The van der Waals surface area contributed by atoms with Gasteiger partial charge in [-0.1, -0.05) is 18.2 Å². The number of carbonyl (C=O) groups is 2. The summed E-state index contributed by atoms with van der Waals surface area (Å²) < 4.78 is 1.03. The van der Waals surface area contributed by atoms with Gasteiger partial charge in [-0.15, -0.1) is 11.3 Å². The van der Waals surface area contributed by atoms with E-state index in [0.29, 0.717) is 10.6 Å². The van der Waals surface area contributed by atoms with Crippen LogP contribution in [0.1, 0.15) is 20.2 Å². The van der Waals surface area contributed by atoms with Crippen molar-refractivity contribution in [2.45, 2.75) is 0 Å². The maximum absolute atomic E-state index is 12.2. The van der Waals surface area contributed by atoms with E-state index in [1.165, 1.54) is 23.6 Å². The lowest BCUT2D eigenvalue weighted by atomic mass is 10.2. The molecule has 0 aliphatic heterocycles. The quantitative estimate of drug-likeness (QED) is 0.778. The van der Waals surface area contributed by atoms with Gasteiger partial charge in [-0.25, -0.2) is 9.78 Å². The number of hydrogen-bond acceptors (Lipinski definition) is 4. The molecule has 5 nitrogen and oxygen atoms in total. The third-order valence-corrected chi connectivity index (χ3v) is 4.00. The summed E-state index contributed by atoms with van der Waals surface area (Å²) in [5.41, 5.74) is 0.300. The molecule has 2 N–H and O–H groups in total. The Hall–Kier alpha value is -2.73. The second-order valence-corrected chi connectivity index (χ2v) is 5.42. The highest BCUT2D eigenvalue weighted by Gasteiger charge is 2.12. The van der Waals surface area contributed by atoms with Crippen molar-refractivity contribution in [2.24, 2.45) is 0 Å². The van der Waals surface area contributed by atoms with E-state index in [0.717, 1.165) is 10.1 Å². The molecule has 0 aliphatic rings. The summed E-state index contributed by atoms with van der Waals surface area (Å²) >= 11 is 1.39. The molecule has 2 heterocycles. The van der Waals surface area contributed by atoms with Crippen molar-refractivity contribution in [1.29, 1.82) is 0 Å². The molecule has 0 spiro atoms. The van der Waals surface area contributed by atoms with Crippen LogP contribution in [0.15, 0.2) is 48.7 Å². The molecule has 104 valence electrons. The number of fused-ring (bicyclic) bond motifs is 1. The molecular formula is C15H10N2O3S. The van der Waals surface area contributed by atoms with Crippen molar-refractivity contribution < 1.29 is 14.7 Å². The summed E-state index contributed by atoms with van der Waals surface area (Å²) in [6, 6.07) is 12.4. The molecule has 1 aromatic carbocycles. The van der Waals surface area contributed by atoms with Gasteiger partial charge in [0.2, 0.25) is 0 Å². The zero-order chi connectivity index (χ0) is 14.8. The number of anilines is 1. The maximum Gasteiger partial charge on any atom is 0.354 e. The molecule has 0 saturated carbocycles. The van der Waals surface area contributed by atoms with Gasteiger partial charge in [0, 0.05) is 16.6 Å². The summed E-state index contributed by atoms with van der Waals surface area (Å²) in [5, 5.41) is 12.6. The smallest absolute Gasteiger partial charge is 0.354 e. The molecular weight excluding hydrogens is 288 g/mol. The Morgan fingerprint density at radius 1 is 1.14 bits per heavy atom. The Morgan fingerprint density at radius 2 is 1.95 bits per heavy atom. The lowest BCUT2D eigenvalue weighted by Crippen LogP contribution is -2.11. The molecule has 0 atom stereocenters. The number of nitrogens with zero attached hydrogens (tertiary/aromatic N) is 1. The van der Waals surface area contributed by atoms with Crippen LogP contribution in [-0.4, -0.2) is 22.0 Å². The van der Waals surface area contributed by atoms with E-state index in [9.17, 15) is 9.59 Å². The van der Waals surface area contributed by atoms with Crippen LogP contribution in [0, 0.1) is 0 Å². The predicted octanol–water partition coefficient (Wildman–Crippen LogP) is 3.25. The predicted molar refractivity (Wildman–Crippen MR) is 81.0 cm³/mol. The first-order valence-corrected chi connectivity index (χ1v) is 6.94. The van der Waals surface area contributed by atoms with Gasteiger partial charge in [-0.2, -0.15) is 0 Å². The van der Waals surface area contributed by atoms with Crippen molar-refractivity contribution in [3.63, 3.8) is 0 Å². The molecule has 0 unspecified atom stereocenters. The van der Waals surface area contributed by atoms with Crippen LogP contribution >= 0.6 is 11.3 Å². The Morgan fingerprint density at radius 3 is 2.71 bits per heavy atom. The Kier molecular flexibility index (Phi) is 3.37. The van der Waals surface area contributed by atoms with Crippen LogP contribution in [0.3, 0.4) is 0 Å². The van der Waals surface area contributed by atoms with Crippen LogP contribution in [0.25, 0.3) is 10.1 Å². The van der Waals surface area contributed by atoms with Crippen molar-refractivity contribution in [2.75, 3.05) is 5.32 Å². The highest BCUT2D eigenvalue weighted by molar-refractivity contribution is 7.20. The van der Waals surface area contributed by atoms with Gasteiger partial charge in [0.25, 0.3) is 5.91 Å². The zero-order valence-corrected chi connectivity index (χ0v) is 11.6. The van der Waals surface area contributed by atoms with E-state index in [4.69, 9.17) is 5.11 Å². The van der Waals surface area contributed by atoms with Crippen LogP contribution in [0.5, 0.6) is 0 Å². The minimum absolute atomic E-state index is 0.107. The molecule has 0 aliphatic carbocycles. The molecule has 0 saturated heterocycles. The van der Waals surface area contributed by atoms with E-state index in [2.05, 4.69) is 10.3 Å². The second kappa shape index (κ2) is 5.34. The van der Waals surface area contributed by atoms with E-state index in [1.807, 2.05) is 30.3 Å². The molecule has 0 fully saturated rings. The highest BCUT2D eigenvalue weighted by atomic mass is 32.1. The number of benzene rings is 1. The minimum atomic E-state index is -1.13. The lowest BCUT2D eigenvalue weighted by Gasteiger charge is -2.03. The van der Waals surface area contributed by atoms with Crippen molar-refractivity contribution in [1.82, 2.24) is 4.98 Å².